The first kappa shape index (κ1) is 10.6. The van der Waals surface area contributed by atoms with Gasteiger partial charge >= 0.3 is 0 Å². The summed E-state index contributed by atoms with van der Waals surface area (Å²) in [5.41, 5.74) is 13.7. The van der Waals surface area contributed by atoms with E-state index in [-0.39, 0.29) is 11.4 Å². The minimum atomic E-state index is -0.478. The topological polar surface area (TPSA) is 78.1 Å². The molecule has 0 fully saturated rings. The highest BCUT2D eigenvalue weighted by molar-refractivity contribution is 6.00. The van der Waals surface area contributed by atoms with Crippen LogP contribution in [0.4, 0.5) is 15.9 Å². The van der Waals surface area contributed by atoms with Crippen LogP contribution in [0.25, 0.3) is 22.1 Å². The maximum absolute atomic E-state index is 13.6. The molecule has 0 atom stereocenters. The second-order valence-electron chi connectivity index (χ2n) is 3.99. The fraction of sp³-hybridized carbons (Fsp3) is 0. The normalized spacial score (nSPS) is 10.9. The molecule has 0 aliphatic heterocycles. The molecule has 0 aliphatic carbocycles. The summed E-state index contributed by atoms with van der Waals surface area (Å²) < 4.78 is 18.4. The Bertz CT molecular complexity index is 719. The monoisotopic (exact) mass is 243 g/mol. The summed E-state index contributed by atoms with van der Waals surface area (Å²) in [6.07, 6.45) is 0. The first-order chi connectivity index (χ1) is 8.66. The third-order valence-electron chi connectivity index (χ3n) is 2.82. The fourth-order valence-corrected chi connectivity index (χ4v) is 1.94. The lowest BCUT2D eigenvalue weighted by molar-refractivity contribution is 0.444. The third-order valence-corrected chi connectivity index (χ3v) is 2.82. The van der Waals surface area contributed by atoms with Gasteiger partial charge in [0.05, 0.1) is 5.39 Å². The Labute approximate surface area is 102 Å². The molecule has 0 spiro atoms. The number of benzene rings is 2. The van der Waals surface area contributed by atoms with E-state index in [0.717, 1.165) is 11.1 Å². The van der Waals surface area contributed by atoms with Gasteiger partial charge < -0.3 is 16.0 Å². The minimum absolute atomic E-state index is 0.0711. The quantitative estimate of drug-likeness (QED) is 0.644. The van der Waals surface area contributed by atoms with Crippen molar-refractivity contribution in [3.63, 3.8) is 0 Å². The number of halogens is 1. The molecule has 0 amide bonds. The molecule has 0 unspecified atom stereocenters. The van der Waals surface area contributed by atoms with Gasteiger partial charge in [-0.1, -0.05) is 23.4 Å². The fourth-order valence-electron chi connectivity index (χ4n) is 1.94. The summed E-state index contributed by atoms with van der Waals surface area (Å²) in [6.45, 7) is 0. The predicted octanol–water partition coefficient (Wildman–Crippen LogP) is 2.80. The summed E-state index contributed by atoms with van der Waals surface area (Å²) in [5.74, 6) is -0.301. The summed E-state index contributed by atoms with van der Waals surface area (Å²) in [5, 5.41) is 4.08. The van der Waals surface area contributed by atoms with Gasteiger partial charge in [0.25, 0.3) is 0 Å². The number of hydrogen-bond donors (Lipinski definition) is 2. The number of nitrogens with two attached hydrogens (primary N) is 2. The molecule has 18 heavy (non-hydrogen) atoms. The number of fused-ring (bicyclic) bond motifs is 1. The van der Waals surface area contributed by atoms with Crippen molar-refractivity contribution >= 4 is 22.5 Å². The van der Waals surface area contributed by atoms with Crippen molar-refractivity contribution in [2.45, 2.75) is 0 Å². The van der Waals surface area contributed by atoms with Gasteiger partial charge in [-0.3, -0.25) is 0 Å². The zero-order valence-corrected chi connectivity index (χ0v) is 9.35. The molecule has 4 N–H and O–H groups in total. The molecule has 0 bridgehead atoms. The van der Waals surface area contributed by atoms with Crippen molar-refractivity contribution in [2.24, 2.45) is 0 Å². The van der Waals surface area contributed by atoms with Crippen LogP contribution in [0.1, 0.15) is 0 Å². The zero-order valence-electron chi connectivity index (χ0n) is 9.35. The Kier molecular flexibility index (Phi) is 2.19. The molecule has 0 saturated carbocycles. The average molecular weight is 243 g/mol. The van der Waals surface area contributed by atoms with E-state index in [9.17, 15) is 4.39 Å². The van der Waals surface area contributed by atoms with Gasteiger partial charge in [-0.05, 0) is 29.3 Å². The molecule has 0 aliphatic rings. The number of aromatic nitrogens is 1. The van der Waals surface area contributed by atoms with E-state index in [1.54, 1.807) is 18.2 Å². The van der Waals surface area contributed by atoms with E-state index >= 15 is 0 Å². The van der Waals surface area contributed by atoms with Crippen molar-refractivity contribution in [3.8, 4) is 11.1 Å². The number of nitrogens with zero attached hydrogens (tertiary/aromatic N) is 1. The third kappa shape index (κ3) is 1.48. The highest BCUT2D eigenvalue weighted by Crippen LogP contribution is 2.34. The van der Waals surface area contributed by atoms with Crippen LogP contribution < -0.4 is 11.5 Å². The van der Waals surface area contributed by atoms with Gasteiger partial charge in [0, 0.05) is 5.69 Å². The van der Waals surface area contributed by atoms with Gasteiger partial charge in [0.1, 0.15) is 0 Å². The SMILES string of the molecule is Nc1ccc(-c2ccc(F)c3onc(N)c23)cc1. The van der Waals surface area contributed by atoms with Crippen LogP contribution >= 0.6 is 0 Å². The van der Waals surface area contributed by atoms with Crippen LogP contribution in [0.3, 0.4) is 0 Å². The van der Waals surface area contributed by atoms with Gasteiger partial charge in [0.2, 0.25) is 5.58 Å². The van der Waals surface area contributed by atoms with Crippen LogP contribution in [-0.4, -0.2) is 5.16 Å². The Morgan fingerprint density at radius 2 is 1.72 bits per heavy atom. The number of nitrogen functional groups attached to an aromatic ring is 2. The van der Waals surface area contributed by atoms with E-state index in [0.29, 0.717) is 11.1 Å². The molecule has 3 aromatic rings. The number of hydrogen-bond acceptors (Lipinski definition) is 4. The zero-order chi connectivity index (χ0) is 12.7. The van der Waals surface area contributed by atoms with Crippen molar-refractivity contribution in [1.29, 1.82) is 0 Å². The highest BCUT2D eigenvalue weighted by atomic mass is 19.1. The standard InChI is InChI=1S/C13H10FN3O/c14-10-6-5-9(7-1-3-8(15)4-2-7)11-12(10)18-17-13(11)16/h1-6H,15H2,(H2,16,17). The highest BCUT2D eigenvalue weighted by Gasteiger charge is 2.15. The van der Waals surface area contributed by atoms with Crippen LogP contribution in [0.2, 0.25) is 0 Å². The average Bonchev–Trinajstić information content (AvgIpc) is 2.75. The van der Waals surface area contributed by atoms with Gasteiger partial charge in [0.15, 0.2) is 11.6 Å². The smallest absolute Gasteiger partial charge is 0.205 e. The lowest BCUT2D eigenvalue weighted by Gasteiger charge is -2.04. The van der Waals surface area contributed by atoms with Crippen LogP contribution in [0.5, 0.6) is 0 Å². The number of rotatable bonds is 1. The molecule has 2 aromatic carbocycles. The molecule has 0 radical (unpaired) electrons. The van der Waals surface area contributed by atoms with Crippen molar-refractivity contribution in [3.05, 3.63) is 42.2 Å². The summed E-state index contributed by atoms with van der Waals surface area (Å²) in [6, 6.07) is 10.2. The van der Waals surface area contributed by atoms with Crippen molar-refractivity contribution in [2.75, 3.05) is 11.5 Å². The molecular formula is C13H10FN3O. The lowest BCUT2D eigenvalue weighted by Crippen LogP contribution is -1.89. The molecule has 3 rings (SSSR count). The maximum Gasteiger partial charge on any atom is 0.205 e. The lowest BCUT2D eigenvalue weighted by atomic mass is 10.0. The second kappa shape index (κ2) is 3.73. The molecule has 1 heterocycles. The predicted molar refractivity (Wildman–Crippen MR) is 68.2 cm³/mol. The van der Waals surface area contributed by atoms with Crippen molar-refractivity contribution in [1.82, 2.24) is 5.16 Å². The Hall–Kier alpha value is -2.56. The van der Waals surface area contributed by atoms with E-state index in [1.807, 2.05) is 12.1 Å². The molecule has 5 heteroatoms. The Morgan fingerprint density at radius 3 is 2.44 bits per heavy atom. The largest absolute Gasteiger partial charge is 0.399 e. The maximum atomic E-state index is 13.6. The second-order valence-corrected chi connectivity index (χ2v) is 3.99. The minimum Gasteiger partial charge on any atom is -0.399 e. The van der Waals surface area contributed by atoms with Crippen molar-refractivity contribution < 1.29 is 8.91 Å². The van der Waals surface area contributed by atoms with Crippen LogP contribution in [0, 0.1) is 5.82 Å². The number of anilines is 2. The first-order valence-electron chi connectivity index (χ1n) is 5.36. The summed E-state index contributed by atoms with van der Waals surface area (Å²) in [7, 11) is 0. The summed E-state index contributed by atoms with van der Waals surface area (Å²) >= 11 is 0. The van der Waals surface area contributed by atoms with Gasteiger partial charge in [-0.25, -0.2) is 4.39 Å². The van der Waals surface area contributed by atoms with Crippen LogP contribution in [-0.2, 0) is 0 Å². The van der Waals surface area contributed by atoms with E-state index in [2.05, 4.69) is 5.16 Å². The van der Waals surface area contributed by atoms with E-state index < -0.39 is 5.82 Å². The molecule has 90 valence electrons. The van der Waals surface area contributed by atoms with E-state index in [1.165, 1.54) is 6.07 Å². The van der Waals surface area contributed by atoms with E-state index in [4.69, 9.17) is 16.0 Å². The molecule has 0 saturated heterocycles. The van der Waals surface area contributed by atoms with Gasteiger partial charge in [-0.15, -0.1) is 0 Å². The van der Waals surface area contributed by atoms with Crippen LogP contribution in [0.15, 0.2) is 40.9 Å². The Balaban J connectivity index is 2.32. The summed E-state index contributed by atoms with van der Waals surface area (Å²) in [4.78, 5) is 0. The molecular weight excluding hydrogens is 233 g/mol. The first-order valence-corrected chi connectivity index (χ1v) is 5.36. The molecule has 1 aromatic heterocycles. The Morgan fingerprint density at radius 1 is 1.00 bits per heavy atom. The molecule has 4 nitrogen and oxygen atoms in total. The van der Waals surface area contributed by atoms with Gasteiger partial charge in [-0.2, -0.15) is 0 Å².